The molecule has 0 N–H and O–H groups in total. The van der Waals surface area contributed by atoms with Crippen LogP contribution in [0.15, 0.2) is 66.0 Å². The van der Waals surface area contributed by atoms with E-state index >= 15 is 0 Å². The number of imidazole rings is 1. The average Bonchev–Trinajstić information content (AvgIpc) is 3.15. The van der Waals surface area contributed by atoms with E-state index < -0.39 is 21.5 Å². The van der Waals surface area contributed by atoms with E-state index in [1.807, 2.05) is 24.3 Å². The van der Waals surface area contributed by atoms with Crippen LogP contribution in [0, 0.1) is 0 Å². The lowest BCUT2D eigenvalue weighted by Crippen LogP contribution is -2.26. The van der Waals surface area contributed by atoms with Gasteiger partial charge in [-0.3, -0.25) is 0 Å². The maximum atomic E-state index is 12.2. The van der Waals surface area contributed by atoms with Gasteiger partial charge in [0.05, 0.1) is 10.6 Å². The molecule has 3 rings (SSSR count). The minimum atomic E-state index is -3.23. The molecule has 0 aliphatic heterocycles. The largest absolute Gasteiger partial charge is 0.488 e. The van der Waals surface area contributed by atoms with Gasteiger partial charge in [0.15, 0.2) is 9.84 Å². The lowest BCUT2D eigenvalue weighted by atomic mass is 10.1. The molecule has 3 aromatic rings. The summed E-state index contributed by atoms with van der Waals surface area (Å²) in [6.45, 7) is 5.66. The molecule has 2 aromatic carbocycles. The summed E-state index contributed by atoms with van der Waals surface area (Å²) in [6, 6.07) is 13.9. The van der Waals surface area contributed by atoms with Crippen LogP contribution in [0.5, 0.6) is 5.75 Å². The number of nitrogens with zero attached hydrogens (tertiary/aromatic N) is 2. The van der Waals surface area contributed by atoms with E-state index in [2.05, 4.69) is 4.98 Å². The molecule has 0 saturated carbocycles. The molecule has 8 heteroatoms. The summed E-state index contributed by atoms with van der Waals surface area (Å²) in [7, 11) is -3.23. The minimum absolute atomic E-state index is 0.258. The number of hydrogen-bond donors (Lipinski definition) is 0. The van der Waals surface area contributed by atoms with Crippen molar-refractivity contribution in [1.82, 2.24) is 9.55 Å². The van der Waals surface area contributed by atoms with Crippen molar-refractivity contribution in [2.45, 2.75) is 37.9 Å². The quantitative estimate of drug-likeness (QED) is 0.602. The summed E-state index contributed by atoms with van der Waals surface area (Å²) < 4.78 is 35.7. The van der Waals surface area contributed by atoms with Gasteiger partial charge in [-0.1, -0.05) is 24.3 Å². The zero-order valence-corrected chi connectivity index (χ0v) is 18.1. The predicted octanol–water partition coefficient (Wildman–Crippen LogP) is 4.32. The van der Waals surface area contributed by atoms with Gasteiger partial charge in [-0.25, -0.2) is 22.8 Å². The van der Waals surface area contributed by atoms with Crippen LogP contribution in [0.25, 0.3) is 11.3 Å². The first-order chi connectivity index (χ1) is 14.0. The summed E-state index contributed by atoms with van der Waals surface area (Å²) in [5, 5.41) is 0. The molecule has 0 unspecified atom stereocenters. The number of ether oxygens (including phenoxy) is 2. The summed E-state index contributed by atoms with van der Waals surface area (Å²) in [5.74, 6) is 0.596. The lowest BCUT2D eigenvalue weighted by molar-refractivity contribution is 0.0536. The Balaban J connectivity index is 1.76. The van der Waals surface area contributed by atoms with Crippen molar-refractivity contribution < 1.29 is 22.7 Å². The molecule has 0 radical (unpaired) electrons. The number of carbonyl (C=O) groups excluding carboxylic acids is 1. The molecule has 1 heterocycles. The molecule has 0 bridgehead atoms. The van der Waals surface area contributed by atoms with Crippen LogP contribution >= 0.6 is 0 Å². The van der Waals surface area contributed by atoms with Gasteiger partial charge in [-0.15, -0.1) is 0 Å². The summed E-state index contributed by atoms with van der Waals surface area (Å²) >= 11 is 0. The molecule has 30 heavy (non-hydrogen) atoms. The fourth-order valence-corrected chi connectivity index (χ4v) is 3.30. The van der Waals surface area contributed by atoms with Crippen molar-refractivity contribution in [3.63, 3.8) is 0 Å². The van der Waals surface area contributed by atoms with E-state index in [-0.39, 0.29) is 11.5 Å². The third-order valence-corrected chi connectivity index (χ3v) is 5.22. The Kier molecular flexibility index (Phi) is 5.98. The number of rotatable bonds is 5. The molecule has 0 aliphatic rings. The number of para-hydroxylation sites is 1. The summed E-state index contributed by atoms with van der Waals surface area (Å²) in [5.41, 5.74) is 1.53. The number of benzene rings is 2. The zero-order valence-electron chi connectivity index (χ0n) is 17.3. The number of hydrogen-bond acceptors (Lipinski definition) is 6. The van der Waals surface area contributed by atoms with Crippen LogP contribution < -0.4 is 4.74 Å². The maximum absolute atomic E-state index is 12.2. The van der Waals surface area contributed by atoms with E-state index in [0.717, 1.165) is 11.1 Å². The van der Waals surface area contributed by atoms with Gasteiger partial charge < -0.3 is 9.47 Å². The zero-order chi connectivity index (χ0) is 21.9. The molecular weight excluding hydrogens is 404 g/mol. The first-order valence-electron chi connectivity index (χ1n) is 9.31. The van der Waals surface area contributed by atoms with Crippen molar-refractivity contribution in [3.05, 3.63) is 66.6 Å². The Morgan fingerprint density at radius 3 is 2.37 bits per heavy atom. The highest BCUT2D eigenvalue weighted by atomic mass is 32.2. The van der Waals surface area contributed by atoms with Crippen molar-refractivity contribution >= 4 is 15.9 Å². The smallest absolute Gasteiger partial charge is 0.419 e. The Labute approximate surface area is 176 Å². The fourth-order valence-electron chi connectivity index (χ4n) is 2.67. The highest BCUT2D eigenvalue weighted by Gasteiger charge is 2.19. The Hall–Kier alpha value is -3.13. The van der Waals surface area contributed by atoms with Gasteiger partial charge in [0, 0.05) is 18.0 Å². The summed E-state index contributed by atoms with van der Waals surface area (Å²) in [6.07, 6.45) is 3.66. The summed E-state index contributed by atoms with van der Waals surface area (Å²) in [4.78, 5) is 16.8. The molecule has 0 atom stereocenters. The normalized spacial score (nSPS) is 11.9. The van der Waals surface area contributed by atoms with Crippen LogP contribution in [-0.4, -0.2) is 35.9 Å². The molecule has 0 fully saturated rings. The number of carbonyl (C=O) groups is 1. The second kappa shape index (κ2) is 8.31. The van der Waals surface area contributed by atoms with Gasteiger partial charge in [-0.05, 0) is 50.6 Å². The van der Waals surface area contributed by atoms with Crippen LogP contribution in [0.1, 0.15) is 26.3 Å². The van der Waals surface area contributed by atoms with Crippen LogP contribution in [0.3, 0.4) is 0 Å². The van der Waals surface area contributed by atoms with Crippen molar-refractivity contribution in [2.75, 3.05) is 6.26 Å². The average molecular weight is 429 g/mol. The standard InChI is InChI=1S/C22H24N2O5S/c1-22(2,3)29-21(25)24-13-19(23-15-24)18-7-5-6-8-20(18)28-14-16-9-11-17(12-10-16)30(4,26)27/h5-13,15H,14H2,1-4H3. The first kappa shape index (κ1) is 21.6. The van der Waals surface area contributed by atoms with Gasteiger partial charge >= 0.3 is 6.09 Å². The second-order valence-electron chi connectivity index (χ2n) is 7.85. The van der Waals surface area contributed by atoms with Gasteiger partial charge in [-0.2, -0.15) is 0 Å². The highest BCUT2D eigenvalue weighted by molar-refractivity contribution is 7.90. The molecule has 0 aliphatic carbocycles. The van der Waals surface area contributed by atoms with E-state index in [1.165, 1.54) is 17.2 Å². The van der Waals surface area contributed by atoms with Gasteiger partial charge in [0.2, 0.25) is 0 Å². The Morgan fingerprint density at radius 1 is 1.07 bits per heavy atom. The van der Waals surface area contributed by atoms with E-state index in [0.29, 0.717) is 11.4 Å². The Morgan fingerprint density at radius 2 is 1.73 bits per heavy atom. The van der Waals surface area contributed by atoms with E-state index in [1.54, 1.807) is 51.2 Å². The highest BCUT2D eigenvalue weighted by Crippen LogP contribution is 2.29. The van der Waals surface area contributed by atoms with E-state index in [9.17, 15) is 13.2 Å². The predicted molar refractivity (Wildman–Crippen MR) is 113 cm³/mol. The SMILES string of the molecule is CC(C)(C)OC(=O)n1cnc(-c2ccccc2OCc2ccc(S(C)(=O)=O)cc2)c1. The lowest BCUT2D eigenvalue weighted by Gasteiger charge is -2.19. The first-order valence-corrected chi connectivity index (χ1v) is 11.2. The Bertz CT molecular complexity index is 1140. The van der Waals surface area contributed by atoms with Crippen LogP contribution in [0.4, 0.5) is 4.79 Å². The molecule has 0 saturated heterocycles. The maximum Gasteiger partial charge on any atom is 0.419 e. The number of aromatic nitrogens is 2. The van der Waals surface area contributed by atoms with Gasteiger partial charge in [0.1, 0.15) is 24.3 Å². The van der Waals surface area contributed by atoms with Gasteiger partial charge in [0.25, 0.3) is 0 Å². The van der Waals surface area contributed by atoms with Crippen molar-refractivity contribution in [2.24, 2.45) is 0 Å². The van der Waals surface area contributed by atoms with Crippen molar-refractivity contribution in [3.8, 4) is 17.0 Å². The third kappa shape index (κ3) is 5.48. The fraction of sp³-hybridized carbons (Fsp3) is 0.273. The molecule has 0 amide bonds. The molecular formula is C22H24N2O5S. The van der Waals surface area contributed by atoms with Crippen LogP contribution in [-0.2, 0) is 21.2 Å². The monoisotopic (exact) mass is 428 g/mol. The van der Waals surface area contributed by atoms with E-state index in [4.69, 9.17) is 9.47 Å². The molecule has 158 valence electrons. The van der Waals surface area contributed by atoms with Crippen molar-refractivity contribution in [1.29, 1.82) is 0 Å². The molecule has 0 spiro atoms. The van der Waals surface area contributed by atoms with Crippen LogP contribution in [0.2, 0.25) is 0 Å². The number of sulfone groups is 1. The topological polar surface area (TPSA) is 87.5 Å². The minimum Gasteiger partial charge on any atom is -0.488 e. The third-order valence-electron chi connectivity index (χ3n) is 4.10. The molecule has 1 aromatic heterocycles. The second-order valence-corrected chi connectivity index (χ2v) is 9.86. The molecule has 7 nitrogen and oxygen atoms in total.